The molecule has 7 heteroatoms. The van der Waals surface area contributed by atoms with Gasteiger partial charge in [-0.15, -0.1) is 10.2 Å². The van der Waals surface area contributed by atoms with Crippen LogP contribution in [-0.2, 0) is 11.2 Å². The maximum atomic E-state index is 12.6. The van der Waals surface area contributed by atoms with Gasteiger partial charge in [0.2, 0.25) is 11.9 Å². The van der Waals surface area contributed by atoms with Crippen LogP contribution >= 0.6 is 0 Å². The van der Waals surface area contributed by atoms with Gasteiger partial charge in [-0.25, -0.2) is 0 Å². The largest absolute Gasteiger partial charge is 0.355 e. The van der Waals surface area contributed by atoms with Gasteiger partial charge < -0.3 is 10.2 Å². The van der Waals surface area contributed by atoms with Crippen LogP contribution in [0.1, 0.15) is 18.4 Å². The van der Waals surface area contributed by atoms with Crippen molar-refractivity contribution in [2.24, 2.45) is 5.92 Å². The smallest absolute Gasteiger partial charge is 0.231 e. The van der Waals surface area contributed by atoms with Gasteiger partial charge in [-0.1, -0.05) is 12.1 Å². The van der Waals surface area contributed by atoms with Crippen LogP contribution in [0.15, 0.2) is 48.9 Å². The predicted molar refractivity (Wildman–Crippen MR) is 98.9 cm³/mol. The van der Waals surface area contributed by atoms with Crippen LogP contribution in [0.4, 0.5) is 5.95 Å². The first kappa shape index (κ1) is 16.5. The van der Waals surface area contributed by atoms with Crippen molar-refractivity contribution in [3.8, 4) is 0 Å². The highest BCUT2D eigenvalue weighted by Gasteiger charge is 2.27. The molecule has 0 saturated carbocycles. The predicted octanol–water partition coefficient (Wildman–Crippen LogP) is 1.70. The summed E-state index contributed by atoms with van der Waals surface area (Å²) >= 11 is 0. The van der Waals surface area contributed by atoms with Gasteiger partial charge in [-0.3, -0.25) is 14.2 Å². The zero-order valence-electron chi connectivity index (χ0n) is 14.6. The van der Waals surface area contributed by atoms with E-state index in [9.17, 15) is 4.79 Å². The molecule has 0 aromatic carbocycles. The lowest BCUT2D eigenvalue weighted by molar-refractivity contribution is -0.125. The number of anilines is 1. The molecular weight excluding hydrogens is 328 g/mol. The molecule has 0 unspecified atom stereocenters. The van der Waals surface area contributed by atoms with Gasteiger partial charge in [0.1, 0.15) is 0 Å². The summed E-state index contributed by atoms with van der Waals surface area (Å²) in [7, 11) is 0. The molecule has 1 amide bonds. The van der Waals surface area contributed by atoms with Crippen molar-refractivity contribution < 1.29 is 4.79 Å². The lowest BCUT2D eigenvalue weighted by Gasteiger charge is -2.32. The summed E-state index contributed by atoms with van der Waals surface area (Å²) in [5, 5.41) is 11.6. The van der Waals surface area contributed by atoms with Crippen LogP contribution in [0.25, 0.3) is 5.65 Å². The van der Waals surface area contributed by atoms with Crippen molar-refractivity contribution in [1.29, 1.82) is 0 Å². The van der Waals surface area contributed by atoms with E-state index in [0.717, 1.165) is 43.0 Å². The first-order valence-electron chi connectivity index (χ1n) is 9.02. The van der Waals surface area contributed by atoms with Crippen LogP contribution in [0.2, 0.25) is 0 Å². The van der Waals surface area contributed by atoms with E-state index in [0.29, 0.717) is 13.1 Å². The number of fused-ring (bicyclic) bond motifs is 1. The Labute approximate surface area is 152 Å². The van der Waals surface area contributed by atoms with Gasteiger partial charge in [0, 0.05) is 38.2 Å². The third-order valence-electron chi connectivity index (χ3n) is 4.81. The van der Waals surface area contributed by atoms with Crippen molar-refractivity contribution in [3.05, 3.63) is 54.5 Å². The van der Waals surface area contributed by atoms with Gasteiger partial charge in [-0.2, -0.15) is 0 Å². The lowest BCUT2D eigenvalue weighted by atomic mass is 9.97. The molecule has 0 spiro atoms. The number of hydrogen-bond acceptors (Lipinski definition) is 5. The summed E-state index contributed by atoms with van der Waals surface area (Å²) in [6.45, 7) is 2.21. The van der Waals surface area contributed by atoms with Gasteiger partial charge in [0.05, 0.1) is 5.92 Å². The minimum atomic E-state index is -0.0197. The van der Waals surface area contributed by atoms with Crippen molar-refractivity contribution in [2.75, 3.05) is 24.5 Å². The molecule has 1 fully saturated rings. The SMILES string of the molecule is O=C(NCCc1cccnc1)[C@@H]1CCCN(c2nnc3ccccn23)C1. The molecule has 0 bridgehead atoms. The molecule has 0 radical (unpaired) electrons. The molecule has 3 aromatic heterocycles. The van der Waals surface area contributed by atoms with Crippen LogP contribution in [0.5, 0.6) is 0 Å². The average Bonchev–Trinajstić information content (AvgIpc) is 3.13. The van der Waals surface area contributed by atoms with E-state index < -0.39 is 0 Å². The number of rotatable bonds is 5. The quantitative estimate of drug-likeness (QED) is 0.758. The van der Waals surface area contributed by atoms with Crippen molar-refractivity contribution >= 4 is 17.5 Å². The zero-order chi connectivity index (χ0) is 17.8. The second kappa shape index (κ2) is 7.51. The first-order valence-corrected chi connectivity index (χ1v) is 9.02. The molecule has 7 nitrogen and oxygen atoms in total. The van der Waals surface area contributed by atoms with Gasteiger partial charge in [0.25, 0.3) is 0 Å². The van der Waals surface area contributed by atoms with Gasteiger partial charge >= 0.3 is 0 Å². The van der Waals surface area contributed by atoms with Gasteiger partial charge in [0.15, 0.2) is 5.65 Å². The highest BCUT2D eigenvalue weighted by Crippen LogP contribution is 2.22. The molecule has 1 N–H and O–H groups in total. The van der Waals surface area contributed by atoms with Gasteiger partial charge in [-0.05, 0) is 43.0 Å². The number of pyridine rings is 2. The standard InChI is InChI=1S/C19H22N6O/c26-18(21-10-8-15-5-3-9-20-13-15)16-6-4-11-24(14-16)19-23-22-17-7-1-2-12-25(17)19/h1-3,5,7,9,12-13,16H,4,6,8,10-11,14H2,(H,21,26)/t16-/m1/s1. The highest BCUT2D eigenvalue weighted by molar-refractivity contribution is 5.79. The Bertz CT molecular complexity index is 878. The summed E-state index contributed by atoms with van der Waals surface area (Å²) in [5.41, 5.74) is 1.96. The second-order valence-corrected chi connectivity index (χ2v) is 6.62. The molecule has 134 valence electrons. The van der Waals surface area contributed by atoms with Crippen LogP contribution in [-0.4, -0.2) is 45.1 Å². The second-order valence-electron chi connectivity index (χ2n) is 6.62. The van der Waals surface area contributed by atoms with E-state index in [1.165, 1.54) is 0 Å². The lowest BCUT2D eigenvalue weighted by Crippen LogP contribution is -2.44. The Kier molecular flexibility index (Phi) is 4.77. The summed E-state index contributed by atoms with van der Waals surface area (Å²) < 4.78 is 1.97. The third-order valence-corrected chi connectivity index (χ3v) is 4.81. The first-order chi connectivity index (χ1) is 12.8. The molecule has 3 aromatic rings. The minimum Gasteiger partial charge on any atom is -0.355 e. The van der Waals surface area contributed by atoms with E-state index in [4.69, 9.17) is 0 Å². The normalized spacial score (nSPS) is 17.4. The number of aromatic nitrogens is 4. The van der Waals surface area contributed by atoms with Crippen LogP contribution in [0.3, 0.4) is 0 Å². The molecule has 1 atom stereocenters. The molecule has 4 rings (SSSR count). The van der Waals surface area contributed by atoms with Crippen LogP contribution in [0, 0.1) is 5.92 Å². The summed E-state index contributed by atoms with van der Waals surface area (Å²) in [5.74, 6) is 0.912. The maximum absolute atomic E-state index is 12.6. The minimum absolute atomic E-state index is 0.0197. The monoisotopic (exact) mass is 350 g/mol. The number of carbonyl (C=O) groups excluding carboxylic acids is 1. The maximum Gasteiger partial charge on any atom is 0.231 e. The zero-order valence-corrected chi connectivity index (χ0v) is 14.6. The topological polar surface area (TPSA) is 75.4 Å². The van der Waals surface area contributed by atoms with E-state index >= 15 is 0 Å². The van der Waals surface area contributed by atoms with E-state index in [1.807, 2.05) is 47.1 Å². The average molecular weight is 350 g/mol. The number of piperidine rings is 1. The molecular formula is C19H22N6O. The van der Waals surface area contributed by atoms with E-state index in [2.05, 4.69) is 25.4 Å². The van der Waals surface area contributed by atoms with E-state index in [1.54, 1.807) is 6.20 Å². The Balaban J connectivity index is 1.36. The summed E-state index contributed by atoms with van der Waals surface area (Å²) in [6, 6.07) is 9.79. The number of carbonyl (C=O) groups is 1. The Hall–Kier alpha value is -2.96. The Morgan fingerprint density at radius 1 is 1.23 bits per heavy atom. The van der Waals surface area contributed by atoms with Crippen molar-refractivity contribution in [3.63, 3.8) is 0 Å². The molecule has 1 aliphatic heterocycles. The van der Waals surface area contributed by atoms with E-state index in [-0.39, 0.29) is 11.8 Å². The fourth-order valence-electron chi connectivity index (χ4n) is 3.44. The highest BCUT2D eigenvalue weighted by atomic mass is 16.1. The number of amides is 1. The molecule has 0 aliphatic carbocycles. The molecule has 1 saturated heterocycles. The number of nitrogens with zero attached hydrogens (tertiary/aromatic N) is 5. The fraction of sp³-hybridized carbons (Fsp3) is 0.368. The fourth-order valence-corrected chi connectivity index (χ4v) is 3.44. The summed E-state index contributed by atoms with van der Waals surface area (Å²) in [4.78, 5) is 18.8. The third kappa shape index (κ3) is 3.51. The Morgan fingerprint density at radius 3 is 3.08 bits per heavy atom. The summed E-state index contributed by atoms with van der Waals surface area (Å²) in [6.07, 6.45) is 8.24. The van der Waals surface area contributed by atoms with Crippen LogP contribution < -0.4 is 10.2 Å². The molecule has 4 heterocycles. The number of nitrogens with one attached hydrogen (secondary N) is 1. The van der Waals surface area contributed by atoms with Crippen molar-refractivity contribution in [1.82, 2.24) is 24.9 Å². The number of hydrogen-bond donors (Lipinski definition) is 1. The Morgan fingerprint density at radius 2 is 2.19 bits per heavy atom. The van der Waals surface area contributed by atoms with Crippen molar-refractivity contribution in [2.45, 2.75) is 19.3 Å². The molecule has 26 heavy (non-hydrogen) atoms. The molecule has 1 aliphatic rings.